The highest BCUT2D eigenvalue weighted by Crippen LogP contribution is 2.34. The zero-order valence-electron chi connectivity index (χ0n) is 15.3. The molecular formula is C18H23N3O4S2. The van der Waals surface area contributed by atoms with Gasteiger partial charge in [0.05, 0.1) is 17.7 Å². The van der Waals surface area contributed by atoms with Gasteiger partial charge in [-0.3, -0.25) is 14.9 Å². The highest BCUT2D eigenvalue weighted by atomic mass is 32.2. The molecule has 1 aliphatic carbocycles. The van der Waals surface area contributed by atoms with E-state index in [0.717, 1.165) is 25.0 Å². The second-order valence-corrected chi connectivity index (χ2v) is 9.28. The maximum atomic E-state index is 12.4. The molecule has 1 amide bonds. The van der Waals surface area contributed by atoms with Crippen molar-refractivity contribution in [1.82, 2.24) is 9.87 Å². The van der Waals surface area contributed by atoms with E-state index in [4.69, 9.17) is 0 Å². The van der Waals surface area contributed by atoms with Crippen LogP contribution in [-0.2, 0) is 27.7 Å². The first-order valence-corrected chi connectivity index (χ1v) is 11.2. The summed E-state index contributed by atoms with van der Waals surface area (Å²) in [6.45, 7) is 2.20. The van der Waals surface area contributed by atoms with Gasteiger partial charge in [0.1, 0.15) is 0 Å². The lowest BCUT2D eigenvalue weighted by Gasteiger charge is -2.19. The van der Waals surface area contributed by atoms with Crippen molar-refractivity contribution in [3.8, 4) is 0 Å². The number of aromatic nitrogens is 1. The second-order valence-electron chi connectivity index (χ2n) is 6.56. The molecule has 1 aromatic carbocycles. The Labute approximate surface area is 163 Å². The number of anilines is 1. The average molecular weight is 410 g/mol. The standard InChI is InChI=1S/C18H23N3O4S2/c1-3-4-12-5-10-15-16(11-12)26-18(19-15)20-17(22)13-6-8-14(9-7-13)27(23,24)21-25-2/h6-9,12,21H,3-5,10-11H2,1-2H3,(H,19,20,22). The first-order chi connectivity index (χ1) is 12.9. The van der Waals surface area contributed by atoms with Crippen molar-refractivity contribution < 1.29 is 18.0 Å². The number of fused-ring (bicyclic) bond motifs is 1. The highest BCUT2D eigenvalue weighted by Gasteiger charge is 2.23. The van der Waals surface area contributed by atoms with Crippen LogP contribution in [0.25, 0.3) is 0 Å². The topological polar surface area (TPSA) is 97.4 Å². The number of nitrogens with zero attached hydrogens (tertiary/aromatic N) is 1. The van der Waals surface area contributed by atoms with Gasteiger partial charge in [-0.1, -0.05) is 24.7 Å². The van der Waals surface area contributed by atoms with Crippen molar-refractivity contribution >= 4 is 32.4 Å². The number of carbonyl (C=O) groups excluding carboxylic acids is 1. The Morgan fingerprint density at radius 2 is 2.07 bits per heavy atom. The zero-order chi connectivity index (χ0) is 19.4. The molecule has 0 radical (unpaired) electrons. The number of thiazole rings is 1. The second kappa shape index (κ2) is 8.47. The molecule has 0 spiro atoms. The molecule has 27 heavy (non-hydrogen) atoms. The summed E-state index contributed by atoms with van der Waals surface area (Å²) in [6, 6.07) is 5.64. The lowest BCUT2D eigenvalue weighted by molar-refractivity contribution is 0.102. The monoisotopic (exact) mass is 409 g/mol. The first-order valence-electron chi connectivity index (χ1n) is 8.87. The molecule has 0 aliphatic heterocycles. The van der Waals surface area contributed by atoms with Gasteiger partial charge in [-0.2, -0.15) is 0 Å². The molecule has 1 unspecified atom stereocenters. The molecule has 0 saturated heterocycles. The van der Waals surface area contributed by atoms with E-state index < -0.39 is 10.0 Å². The number of hydrogen-bond donors (Lipinski definition) is 2. The largest absolute Gasteiger partial charge is 0.298 e. The van der Waals surface area contributed by atoms with Gasteiger partial charge >= 0.3 is 0 Å². The van der Waals surface area contributed by atoms with Crippen molar-refractivity contribution in [1.29, 1.82) is 0 Å². The zero-order valence-corrected chi connectivity index (χ0v) is 17.0. The van der Waals surface area contributed by atoms with Crippen LogP contribution in [0.1, 0.15) is 47.1 Å². The van der Waals surface area contributed by atoms with E-state index in [1.165, 1.54) is 60.4 Å². The van der Waals surface area contributed by atoms with Crippen LogP contribution in [0.4, 0.5) is 5.13 Å². The summed E-state index contributed by atoms with van der Waals surface area (Å²) in [7, 11) is -2.52. The molecule has 146 valence electrons. The Morgan fingerprint density at radius 1 is 1.33 bits per heavy atom. The van der Waals surface area contributed by atoms with Crippen LogP contribution in [0.5, 0.6) is 0 Å². The van der Waals surface area contributed by atoms with Gasteiger partial charge in [-0.15, -0.1) is 11.3 Å². The first kappa shape index (κ1) is 19.9. The number of carbonyl (C=O) groups is 1. The molecule has 0 bridgehead atoms. The summed E-state index contributed by atoms with van der Waals surface area (Å²) in [5.74, 6) is 0.400. The summed E-state index contributed by atoms with van der Waals surface area (Å²) >= 11 is 1.54. The fourth-order valence-corrected chi connectivity index (χ4v) is 5.19. The number of aryl methyl sites for hydroxylation is 1. The van der Waals surface area contributed by atoms with Gasteiger partial charge in [0, 0.05) is 10.4 Å². The van der Waals surface area contributed by atoms with Crippen molar-refractivity contribution in [3.63, 3.8) is 0 Å². The summed E-state index contributed by atoms with van der Waals surface area (Å²) < 4.78 is 23.7. The molecule has 3 rings (SSSR count). The number of amides is 1. The lowest BCUT2D eigenvalue weighted by atomic mass is 9.88. The van der Waals surface area contributed by atoms with Gasteiger partial charge < -0.3 is 0 Å². The van der Waals surface area contributed by atoms with Gasteiger partial charge in [-0.05, 0) is 49.4 Å². The Bertz CT molecular complexity index is 907. The van der Waals surface area contributed by atoms with E-state index in [1.807, 2.05) is 4.89 Å². The number of hydrogen-bond acceptors (Lipinski definition) is 6. The van der Waals surface area contributed by atoms with E-state index in [2.05, 4.69) is 22.1 Å². The van der Waals surface area contributed by atoms with Crippen molar-refractivity contribution in [3.05, 3.63) is 40.4 Å². The third-order valence-corrected chi connectivity index (χ3v) is 6.89. The van der Waals surface area contributed by atoms with E-state index in [0.29, 0.717) is 16.6 Å². The maximum absolute atomic E-state index is 12.4. The Kier molecular flexibility index (Phi) is 6.25. The Balaban J connectivity index is 1.68. The fraction of sp³-hybridized carbons (Fsp3) is 0.444. The van der Waals surface area contributed by atoms with E-state index >= 15 is 0 Å². The van der Waals surface area contributed by atoms with Crippen LogP contribution in [0.2, 0.25) is 0 Å². The number of nitrogens with one attached hydrogen (secondary N) is 2. The molecule has 7 nitrogen and oxygen atoms in total. The summed E-state index contributed by atoms with van der Waals surface area (Å²) in [5, 5.41) is 3.42. The minimum absolute atomic E-state index is 0.0209. The molecule has 1 aliphatic rings. The third-order valence-electron chi connectivity index (χ3n) is 4.58. The Morgan fingerprint density at radius 3 is 2.74 bits per heavy atom. The van der Waals surface area contributed by atoms with Crippen LogP contribution in [-0.4, -0.2) is 26.4 Å². The molecule has 1 atom stereocenters. The number of rotatable bonds is 7. The summed E-state index contributed by atoms with van der Waals surface area (Å²) in [4.78, 5) is 24.7. The van der Waals surface area contributed by atoms with E-state index in [1.54, 1.807) is 0 Å². The molecule has 9 heteroatoms. The van der Waals surface area contributed by atoms with Gasteiger partial charge in [0.15, 0.2) is 5.13 Å². The van der Waals surface area contributed by atoms with Crippen molar-refractivity contribution in [2.75, 3.05) is 12.4 Å². The molecular weight excluding hydrogens is 386 g/mol. The minimum atomic E-state index is -3.74. The van der Waals surface area contributed by atoms with Gasteiger partial charge in [-0.25, -0.2) is 13.4 Å². The minimum Gasteiger partial charge on any atom is -0.298 e. The summed E-state index contributed by atoms with van der Waals surface area (Å²) in [6.07, 6.45) is 5.57. The van der Waals surface area contributed by atoms with Crippen molar-refractivity contribution in [2.24, 2.45) is 5.92 Å². The molecule has 0 fully saturated rings. The predicted molar refractivity (Wildman–Crippen MR) is 104 cm³/mol. The van der Waals surface area contributed by atoms with E-state index in [9.17, 15) is 13.2 Å². The van der Waals surface area contributed by atoms with Crippen LogP contribution >= 0.6 is 11.3 Å². The number of benzene rings is 1. The summed E-state index contributed by atoms with van der Waals surface area (Å²) in [5.41, 5.74) is 1.46. The van der Waals surface area contributed by atoms with Crippen LogP contribution in [0.3, 0.4) is 0 Å². The molecule has 0 saturated carbocycles. The molecule has 2 N–H and O–H groups in total. The maximum Gasteiger partial charge on any atom is 0.262 e. The molecule has 1 aromatic heterocycles. The third kappa shape index (κ3) is 4.73. The molecule has 2 aromatic rings. The highest BCUT2D eigenvalue weighted by molar-refractivity contribution is 7.89. The SMILES string of the molecule is CCCC1CCc2nc(NC(=O)c3ccc(S(=O)(=O)NOC)cc3)sc2C1. The molecule has 1 heterocycles. The fourth-order valence-electron chi connectivity index (χ4n) is 3.26. The Hall–Kier alpha value is -1.81. The smallest absolute Gasteiger partial charge is 0.262 e. The lowest BCUT2D eigenvalue weighted by Crippen LogP contribution is -2.22. The van der Waals surface area contributed by atoms with Crippen LogP contribution in [0.15, 0.2) is 29.2 Å². The van der Waals surface area contributed by atoms with Crippen LogP contribution in [0, 0.1) is 5.92 Å². The van der Waals surface area contributed by atoms with Gasteiger partial charge in [0.2, 0.25) is 0 Å². The average Bonchev–Trinajstić information content (AvgIpc) is 3.03. The quantitative estimate of drug-likeness (QED) is 0.685. The van der Waals surface area contributed by atoms with Gasteiger partial charge in [0.25, 0.3) is 15.9 Å². The van der Waals surface area contributed by atoms with Crippen molar-refractivity contribution in [2.45, 2.75) is 43.9 Å². The normalized spacial score (nSPS) is 16.7. The van der Waals surface area contributed by atoms with Crippen LogP contribution < -0.4 is 10.2 Å². The predicted octanol–water partition coefficient (Wildman–Crippen LogP) is 3.14. The number of sulfonamides is 1. The van der Waals surface area contributed by atoms with E-state index in [-0.39, 0.29) is 10.8 Å².